The SMILES string of the molecule is CCOC(=O)CC(=O)c1ccc(-c2ccccc2)c(C)c1. The molecule has 0 aliphatic carbocycles. The van der Waals surface area contributed by atoms with Crippen LogP contribution in [0.5, 0.6) is 0 Å². The minimum atomic E-state index is -0.479. The number of hydrogen-bond acceptors (Lipinski definition) is 3. The first kappa shape index (κ1) is 15.0. The number of Topliss-reactive ketones (excluding diaryl/α,β-unsaturated/α-hetero) is 1. The van der Waals surface area contributed by atoms with Crippen LogP contribution >= 0.6 is 0 Å². The normalized spacial score (nSPS) is 10.2. The number of esters is 1. The van der Waals surface area contributed by atoms with Crippen molar-refractivity contribution < 1.29 is 14.3 Å². The molecule has 0 aromatic heterocycles. The topological polar surface area (TPSA) is 43.4 Å². The number of ketones is 1. The van der Waals surface area contributed by atoms with E-state index >= 15 is 0 Å². The van der Waals surface area contributed by atoms with Gasteiger partial charge in [-0.3, -0.25) is 9.59 Å². The van der Waals surface area contributed by atoms with Gasteiger partial charge in [0.1, 0.15) is 6.42 Å². The van der Waals surface area contributed by atoms with Crippen molar-refractivity contribution in [2.45, 2.75) is 20.3 Å². The van der Waals surface area contributed by atoms with E-state index in [1.807, 2.05) is 49.4 Å². The molecule has 0 bridgehead atoms. The van der Waals surface area contributed by atoms with Gasteiger partial charge < -0.3 is 4.74 Å². The van der Waals surface area contributed by atoms with Crippen molar-refractivity contribution in [2.24, 2.45) is 0 Å². The fourth-order valence-electron chi connectivity index (χ4n) is 2.22. The lowest BCUT2D eigenvalue weighted by Crippen LogP contribution is -2.11. The summed E-state index contributed by atoms with van der Waals surface area (Å²) in [6.07, 6.45) is -0.210. The molecule has 0 spiro atoms. The predicted molar refractivity (Wildman–Crippen MR) is 82.2 cm³/mol. The molecular formula is C18H18O3. The van der Waals surface area contributed by atoms with Crippen molar-refractivity contribution >= 4 is 11.8 Å². The van der Waals surface area contributed by atoms with E-state index in [2.05, 4.69) is 0 Å². The van der Waals surface area contributed by atoms with Gasteiger partial charge in [-0.25, -0.2) is 0 Å². The van der Waals surface area contributed by atoms with Gasteiger partial charge in [0.2, 0.25) is 0 Å². The molecule has 0 atom stereocenters. The molecular weight excluding hydrogens is 264 g/mol. The van der Waals surface area contributed by atoms with Crippen molar-refractivity contribution in [3.05, 3.63) is 59.7 Å². The van der Waals surface area contributed by atoms with Crippen LogP contribution in [0.1, 0.15) is 29.3 Å². The second-order valence-electron chi connectivity index (χ2n) is 4.80. The van der Waals surface area contributed by atoms with Gasteiger partial charge in [0.05, 0.1) is 6.61 Å². The Morgan fingerprint density at radius 1 is 1.05 bits per heavy atom. The van der Waals surface area contributed by atoms with Crippen LogP contribution in [-0.2, 0) is 9.53 Å². The maximum absolute atomic E-state index is 12.0. The van der Waals surface area contributed by atoms with Gasteiger partial charge in [-0.05, 0) is 36.6 Å². The fourth-order valence-corrected chi connectivity index (χ4v) is 2.22. The summed E-state index contributed by atoms with van der Waals surface area (Å²) in [6.45, 7) is 3.97. The Labute approximate surface area is 124 Å². The van der Waals surface area contributed by atoms with Crippen molar-refractivity contribution in [1.29, 1.82) is 0 Å². The van der Waals surface area contributed by atoms with E-state index in [0.29, 0.717) is 5.56 Å². The van der Waals surface area contributed by atoms with E-state index in [4.69, 9.17) is 4.74 Å². The lowest BCUT2D eigenvalue weighted by Gasteiger charge is -2.08. The van der Waals surface area contributed by atoms with Gasteiger partial charge in [0.15, 0.2) is 5.78 Å². The van der Waals surface area contributed by atoms with E-state index < -0.39 is 5.97 Å². The van der Waals surface area contributed by atoms with Crippen molar-refractivity contribution in [2.75, 3.05) is 6.61 Å². The van der Waals surface area contributed by atoms with Crippen molar-refractivity contribution in [3.63, 3.8) is 0 Å². The predicted octanol–water partition coefficient (Wildman–Crippen LogP) is 3.80. The highest BCUT2D eigenvalue weighted by molar-refractivity contribution is 6.06. The minimum absolute atomic E-state index is 0.210. The third-order valence-corrected chi connectivity index (χ3v) is 3.24. The summed E-state index contributed by atoms with van der Waals surface area (Å²) < 4.78 is 4.80. The van der Waals surface area contributed by atoms with Crippen molar-refractivity contribution in [3.8, 4) is 11.1 Å². The van der Waals surface area contributed by atoms with E-state index in [1.165, 1.54) is 0 Å². The van der Waals surface area contributed by atoms with Crippen molar-refractivity contribution in [1.82, 2.24) is 0 Å². The van der Waals surface area contributed by atoms with Crippen LogP contribution in [0.4, 0.5) is 0 Å². The number of hydrogen-bond donors (Lipinski definition) is 0. The maximum Gasteiger partial charge on any atom is 0.313 e. The summed E-state index contributed by atoms with van der Waals surface area (Å²) in [7, 11) is 0. The third-order valence-electron chi connectivity index (χ3n) is 3.24. The average Bonchev–Trinajstić information content (AvgIpc) is 2.48. The lowest BCUT2D eigenvalue weighted by molar-refractivity contribution is -0.141. The molecule has 0 heterocycles. The Balaban J connectivity index is 2.19. The quantitative estimate of drug-likeness (QED) is 0.476. The Morgan fingerprint density at radius 3 is 2.38 bits per heavy atom. The van der Waals surface area contributed by atoms with E-state index in [0.717, 1.165) is 16.7 Å². The molecule has 2 aromatic carbocycles. The third kappa shape index (κ3) is 3.78. The average molecular weight is 282 g/mol. The molecule has 21 heavy (non-hydrogen) atoms. The molecule has 0 saturated carbocycles. The Bertz CT molecular complexity index is 645. The van der Waals surface area contributed by atoms with E-state index in [-0.39, 0.29) is 18.8 Å². The van der Waals surface area contributed by atoms with Crippen LogP contribution in [0.25, 0.3) is 11.1 Å². The molecule has 0 N–H and O–H groups in total. The lowest BCUT2D eigenvalue weighted by atomic mass is 9.96. The number of benzene rings is 2. The largest absolute Gasteiger partial charge is 0.466 e. The highest BCUT2D eigenvalue weighted by Gasteiger charge is 2.13. The number of aryl methyl sites for hydroxylation is 1. The van der Waals surface area contributed by atoms with Crippen LogP contribution in [0.15, 0.2) is 48.5 Å². The molecule has 108 valence electrons. The monoisotopic (exact) mass is 282 g/mol. The first-order valence-electron chi connectivity index (χ1n) is 6.96. The van der Waals surface area contributed by atoms with Gasteiger partial charge in [-0.15, -0.1) is 0 Å². The zero-order valence-corrected chi connectivity index (χ0v) is 12.3. The summed E-state index contributed by atoms with van der Waals surface area (Å²) >= 11 is 0. The van der Waals surface area contributed by atoms with Crippen LogP contribution in [0.3, 0.4) is 0 Å². The number of carbonyl (C=O) groups excluding carboxylic acids is 2. The molecule has 0 fully saturated rings. The standard InChI is InChI=1S/C18H18O3/c1-3-21-18(20)12-17(19)15-9-10-16(13(2)11-15)14-7-5-4-6-8-14/h4-11H,3,12H2,1-2H3. The van der Waals surface area contributed by atoms with Gasteiger partial charge >= 0.3 is 5.97 Å². The maximum atomic E-state index is 12.0. The molecule has 0 radical (unpaired) electrons. The Kier molecular flexibility index (Phi) is 4.88. The molecule has 0 aliphatic heterocycles. The summed E-state index contributed by atoms with van der Waals surface area (Å²) in [6, 6.07) is 15.5. The number of rotatable bonds is 5. The molecule has 0 amide bonds. The molecule has 2 rings (SSSR count). The van der Waals surface area contributed by atoms with Gasteiger partial charge in [0, 0.05) is 5.56 Å². The summed E-state index contributed by atoms with van der Waals surface area (Å²) in [4.78, 5) is 23.4. The minimum Gasteiger partial charge on any atom is -0.466 e. The first-order chi connectivity index (χ1) is 10.1. The highest BCUT2D eigenvalue weighted by atomic mass is 16.5. The van der Waals surface area contributed by atoms with Gasteiger partial charge in [-0.1, -0.05) is 42.5 Å². The second-order valence-corrected chi connectivity index (χ2v) is 4.80. The van der Waals surface area contributed by atoms with Crippen LogP contribution in [0, 0.1) is 6.92 Å². The second kappa shape index (κ2) is 6.84. The summed E-state index contributed by atoms with van der Waals surface area (Å²) in [5.41, 5.74) is 3.75. The zero-order chi connectivity index (χ0) is 15.2. The first-order valence-corrected chi connectivity index (χ1v) is 6.96. The molecule has 3 nitrogen and oxygen atoms in total. The molecule has 0 unspecified atom stereocenters. The molecule has 0 aliphatic rings. The van der Waals surface area contributed by atoms with Gasteiger partial charge in [0.25, 0.3) is 0 Å². The fraction of sp³-hybridized carbons (Fsp3) is 0.222. The van der Waals surface area contributed by atoms with Crippen LogP contribution in [0.2, 0.25) is 0 Å². The Morgan fingerprint density at radius 2 is 1.76 bits per heavy atom. The number of carbonyl (C=O) groups is 2. The number of ether oxygens (including phenoxy) is 1. The smallest absolute Gasteiger partial charge is 0.313 e. The Hall–Kier alpha value is -2.42. The summed E-state index contributed by atoms with van der Waals surface area (Å²) in [5, 5.41) is 0. The molecule has 3 heteroatoms. The molecule has 0 saturated heterocycles. The highest BCUT2D eigenvalue weighted by Crippen LogP contribution is 2.24. The molecule has 2 aromatic rings. The van der Waals surface area contributed by atoms with E-state index in [9.17, 15) is 9.59 Å². The van der Waals surface area contributed by atoms with Gasteiger partial charge in [-0.2, -0.15) is 0 Å². The van der Waals surface area contributed by atoms with Crippen LogP contribution < -0.4 is 0 Å². The van der Waals surface area contributed by atoms with E-state index in [1.54, 1.807) is 13.0 Å². The van der Waals surface area contributed by atoms with Crippen LogP contribution in [-0.4, -0.2) is 18.4 Å². The summed E-state index contributed by atoms with van der Waals surface area (Å²) in [5.74, 6) is -0.691. The zero-order valence-electron chi connectivity index (χ0n) is 12.3.